The number of nitrogens with one attached hydrogen (secondary N) is 2. The summed E-state index contributed by atoms with van der Waals surface area (Å²) in [5, 5.41) is 6.71. The molecule has 2 aromatic carbocycles. The lowest BCUT2D eigenvalue weighted by Crippen LogP contribution is -2.32. The number of hydrogen-bond donors (Lipinski definition) is 2. The Kier molecular flexibility index (Phi) is 7.91. The molecule has 1 heterocycles. The van der Waals surface area contributed by atoms with Gasteiger partial charge in [-0.05, 0) is 72.6 Å². The summed E-state index contributed by atoms with van der Waals surface area (Å²) < 4.78 is 5.74. The zero-order chi connectivity index (χ0) is 22.4. The second kappa shape index (κ2) is 10.6. The molecule has 2 N–H and O–H groups in total. The van der Waals surface area contributed by atoms with Crippen molar-refractivity contribution in [2.24, 2.45) is 0 Å². The van der Waals surface area contributed by atoms with Gasteiger partial charge < -0.3 is 9.73 Å². The van der Waals surface area contributed by atoms with Crippen molar-refractivity contribution in [3.8, 4) is 11.3 Å². The molecule has 1 amide bonds. The number of furan rings is 1. The van der Waals surface area contributed by atoms with Crippen LogP contribution in [0.3, 0.4) is 0 Å². The van der Waals surface area contributed by atoms with Crippen LogP contribution >= 0.6 is 35.4 Å². The number of carbonyl (C=O) groups excluding carboxylic acids is 1. The highest BCUT2D eigenvalue weighted by Gasteiger charge is 2.10. The quantitative estimate of drug-likeness (QED) is 0.292. The molecule has 4 nitrogen and oxygen atoms in total. The van der Waals surface area contributed by atoms with Crippen LogP contribution in [0.2, 0.25) is 10.0 Å². The lowest BCUT2D eigenvalue weighted by atomic mass is 9.99. The van der Waals surface area contributed by atoms with Crippen molar-refractivity contribution in [3.05, 3.63) is 82.0 Å². The maximum Gasteiger partial charge on any atom is 0.250 e. The first-order valence-electron chi connectivity index (χ1n) is 9.81. The third-order valence-corrected chi connectivity index (χ3v) is 5.85. The lowest BCUT2D eigenvalue weighted by molar-refractivity contribution is -0.115. The Hall–Kier alpha value is -2.60. The molecule has 0 spiro atoms. The van der Waals surface area contributed by atoms with Gasteiger partial charge in [0.05, 0.1) is 10.0 Å². The SMILES string of the molecule is CCC(C)c1ccc(NC(=S)NC(=O)C=Cc2ccc(-c3cccc(Cl)c3Cl)o2)cc1. The third-order valence-electron chi connectivity index (χ3n) is 4.83. The molecule has 1 atom stereocenters. The summed E-state index contributed by atoms with van der Waals surface area (Å²) in [6.07, 6.45) is 3.99. The monoisotopic (exact) mass is 472 g/mol. The normalized spacial score (nSPS) is 12.0. The summed E-state index contributed by atoms with van der Waals surface area (Å²) in [5.74, 6) is 1.20. The number of halogens is 2. The fourth-order valence-corrected chi connectivity index (χ4v) is 3.50. The second-order valence-corrected chi connectivity index (χ2v) is 8.20. The minimum atomic E-state index is -0.368. The summed E-state index contributed by atoms with van der Waals surface area (Å²) in [7, 11) is 0. The van der Waals surface area contributed by atoms with Gasteiger partial charge in [0.2, 0.25) is 5.91 Å². The molecular formula is C24H22Cl2N2O2S. The van der Waals surface area contributed by atoms with Crippen LogP contribution in [0, 0.1) is 0 Å². The van der Waals surface area contributed by atoms with Gasteiger partial charge in [-0.3, -0.25) is 10.1 Å². The van der Waals surface area contributed by atoms with E-state index in [4.69, 9.17) is 39.8 Å². The fraction of sp³-hybridized carbons (Fsp3) is 0.167. The minimum absolute atomic E-state index is 0.219. The first-order chi connectivity index (χ1) is 14.9. The van der Waals surface area contributed by atoms with Crippen LogP contribution in [-0.2, 0) is 4.79 Å². The molecule has 0 saturated carbocycles. The van der Waals surface area contributed by atoms with Crippen LogP contribution in [0.5, 0.6) is 0 Å². The number of benzene rings is 2. The van der Waals surface area contributed by atoms with Crippen LogP contribution in [-0.4, -0.2) is 11.0 Å². The average molecular weight is 473 g/mol. The van der Waals surface area contributed by atoms with Crippen molar-refractivity contribution in [1.29, 1.82) is 0 Å². The van der Waals surface area contributed by atoms with Crippen LogP contribution < -0.4 is 10.6 Å². The van der Waals surface area contributed by atoms with E-state index in [9.17, 15) is 4.79 Å². The van der Waals surface area contributed by atoms with E-state index in [1.807, 2.05) is 18.2 Å². The van der Waals surface area contributed by atoms with E-state index in [0.29, 0.717) is 33.0 Å². The largest absolute Gasteiger partial charge is 0.457 e. The smallest absolute Gasteiger partial charge is 0.250 e. The Morgan fingerprint density at radius 2 is 1.87 bits per heavy atom. The Bertz CT molecular complexity index is 1110. The molecule has 0 radical (unpaired) electrons. The maximum atomic E-state index is 12.2. The van der Waals surface area contributed by atoms with E-state index in [-0.39, 0.29) is 11.0 Å². The zero-order valence-corrected chi connectivity index (χ0v) is 19.4. The van der Waals surface area contributed by atoms with Crippen molar-refractivity contribution < 1.29 is 9.21 Å². The molecule has 0 aliphatic heterocycles. The van der Waals surface area contributed by atoms with Crippen molar-refractivity contribution in [2.45, 2.75) is 26.2 Å². The number of amides is 1. The predicted octanol–water partition coefficient (Wildman–Crippen LogP) is 7.29. The molecule has 3 rings (SSSR count). The minimum Gasteiger partial charge on any atom is -0.457 e. The van der Waals surface area contributed by atoms with Gasteiger partial charge in [-0.25, -0.2) is 0 Å². The van der Waals surface area contributed by atoms with Crippen LogP contribution in [0.25, 0.3) is 17.4 Å². The first-order valence-corrected chi connectivity index (χ1v) is 11.0. The van der Waals surface area contributed by atoms with Gasteiger partial charge in [-0.2, -0.15) is 0 Å². The van der Waals surface area contributed by atoms with Crippen molar-refractivity contribution in [3.63, 3.8) is 0 Å². The molecule has 3 aromatic rings. The van der Waals surface area contributed by atoms with E-state index >= 15 is 0 Å². The number of hydrogen-bond acceptors (Lipinski definition) is 3. The van der Waals surface area contributed by atoms with Gasteiger partial charge in [-0.1, -0.05) is 55.2 Å². The molecule has 31 heavy (non-hydrogen) atoms. The highest BCUT2D eigenvalue weighted by atomic mass is 35.5. The topological polar surface area (TPSA) is 54.3 Å². The second-order valence-electron chi connectivity index (χ2n) is 7.01. The number of thiocarbonyl (C=S) groups is 1. The molecule has 1 aromatic heterocycles. The standard InChI is InChI=1S/C24H22Cl2N2O2S/c1-3-15(2)16-7-9-17(10-8-16)27-24(31)28-22(29)14-12-18-11-13-21(30-18)19-5-4-6-20(25)23(19)26/h4-15H,3H2,1-2H3,(H2,27,28,29,31). The van der Waals surface area contributed by atoms with Crippen LogP contribution in [0.15, 0.2) is 65.1 Å². The number of anilines is 1. The van der Waals surface area contributed by atoms with Crippen LogP contribution in [0.4, 0.5) is 5.69 Å². The molecule has 1 unspecified atom stereocenters. The highest BCUT2D eigenvalue weighted by Crippen LogP contribution is 2.34. The van der Waals surface area contributed by atoms with Crippen LogP contribution in [0.1, 0.15) is 37.5 Å². The van der Waals surface area contributed by atoms with Crippen molar-refractivity contribution in [2.75, 3.05) is 5.32 Å². The highest BCUT2D eigenvalue weighted by molar-refractivity contribution is 7.80. The van der Waals surface area contributed by atoms with E-state index in [1.54, 1.807) is 30.3 Å². The number of rotatable bonds is 6. The predicted molar refractivity (Wildman–Crippen MR) is 133 cm³/mol. The van der Waals surface area contributed by atoms with E-state index < -0.39 is 0 Å². The lowest BCUT2D eigenvalue weighted by Gasteiger charge is -2.11. The number of carbonyl (C=O) groups is 1. The molecular weight excluding hydrogens is 451 g/mol. The van der Waals surface area contributed by atoms with Gasteiger partial charge in [0.25, 0.3) is 0 Å². The van der Waals surface area contributed by atoms with E-state index in [0.717, 1.165) is 12.1 Å². The molecule has 0 saturated heterocycles. The summed E-state index contributed by atoms with van der Waals surface area (Å²) in [6.45, 7) is 4.34. The van der Waals surface area contributed by atoms with Crippen molar-refractivity contribution >= 4 is 58.2 Å². The maximum absolute atomic E-state index is 12.2. The van der Waals surface area contributed by atoms with Gasteiger partial charge in [0.15, 0.2) is 5.11 Å². The summed E-state index contributed by atoms with van der Waals surface area (Å²) in [4.78, 5) is 12.2. The molecule has 0 bridgehead atoms. The fourth-order valence-electron chi connectivity index (χ4n) is 2.89. The van der Waals surface area contributed by atoms with Gasteiger partial charge >= 0.3 is 0 Å². The van der Waals surface area contributed by atoms with Gasteiger partial charge in [0.1, 0.15) is 11.5 Å². The molecule has 0 fully saturated rings. The van der Waals surface area contributed by atoms with Crippen molar-refractivity contribution in [1.82, 2.24) is 5.32 Å². The zero-order valence-electron chi connectivity index (χ0n) is 17.1. The molecule has 160 valence electrons. The Morgan fingerprint density at radius 1 is 1.13 bits per heavy atom. The van der Waals surface area contributed by atoms with Gasteiger partial charge in [0, 0.05) is 17.3 Å². The molecule has 7 heteroatoms. The Morgan fingerprint density at radius 3 is 2.58 bits per heavy atom. The summed E-state index contributed by atoms with van der Waals surface area (Å²) in [6, 6.07) is 16.8. The molecule has 0 aliphatic carbocycles. The Balaban J connectivity index is 1.56. The average Bonchev–Trinajstić information content (AvgIpc) is 3.23. The Labute approximate surface area is 197 Å². The summed E-state index contributed by atoms with van der Waals surface area (Å²) >= 11 is 17.5. The van der Waals surface area contributed by atoms with E-state index in [1.165, 1.54) is 11.6 Å². The van der Waals surface area contributed by atoms with Gasteiger partial charge in [-0.15, -0.1) is 0 Å². The summed E-state index contributed by atoms with van der Waals surface area (Å²) in [5.41, 5.74) is 2.77. The first kappa shape index (κ1) is 23.1. The molecule has 0 aliphatic rings. The third kappa shape index (κ3) is 6.20. The van der Waals surface area contributed by atoms with E-state index in [2.05, 4.69) is 36.6 Å².